The lowest BCUT2D eigenvalue weighted by Gasteiger charge is -2.26. The van der Waals surface area contributed by atoms with Crippen LogP contribution in [0, 0.1) is 5.92 Å². The second-order valence-electron chi connectivity index (χ2n) is 6.04. The van der Waals surface area contributed by atoms with Gasteiger partial charge in [0, 0.05) is 17.5 Å². The van der Waals surface area contributed by atoms with E-state index in [0.29, 0.717) is 6.54 Å². The first-order valence-electron chi connectivity index (χ1n) is 7.84. The average molecular weight is 296 g/mol. The van der Waals surface area contributed by atoms with Crippen molar-refractivity contribution >= 4 is 11.6 Å². The normalized spacial score (nSPS) is 19.8. The molecule has 1 aromatic carbocycles. The van der Waals surface area contributed by atoms with E-state index in [1.807, 2.05) is 24.3 Å². The molecule has 1 saturated carbocycles. The minimum Gasteiger partial charge on any atom is -0.392 e. The van der Waals surface area contributed by atoms with Crippen molar-refractivity contribution in [2.45, 2.75) is 57.0 Å². The van der Waals surface area contributed by atoms with Crippen LogP contribution in [0.3, 0.4) is 0 Å². The van der Waals surface area contributed by atoms with Gasteiger partial charge in [-0.3, -0.25) is 0 Å². The van der Waals surface area contributed by atoms with E-state index in [0.717, 1.165) is 29.3 Å². The van der Waals surface area contributed by atoms with Crippen molar-refractivity contribution in [2.24, 2.45) is 11.7 Å². The molecule has 0 heterocycles. The maximum Gasteiger partial charge on any atom is 0.0621 e. The molecular formula is C17H26ClNO. The molecule has 0 radical (unpaired) electrons. The zero-order chi connectivity index (χ0) is 14.4. The third-order valence-electron chi connectivity index (χ3n) is 4.61. The highest BCUT2D eigenvalue weighted by atomic mass is 35.5. The van der Waals surface area contributed by atoms with Crippen LogP contribution in [-0.4, -0.2) is 17.8 Å². The van der Waals surface area contributed by atoms with Crippen LogP contribution in [-0.2, 0) is 0 Å². The van der Waals surface area contributed by atoms with Crippen LogP contribution in [0.1, 0.15) is 56.4 Å². The number of aliphatic hydroxyl groups is 1. The summed E-state index contributed by atoms with van der Waals surface area (Å²) in [6.45, 7) is 0.480. The largest absolute Gasteiger partial charge is 0.392 e. The summed E-state index contributed by atoms with van der Waals surface area (Å²) in [4.78, 5) is 0. The quantitative estimate of drug-likeness (QED) is 0.830. The van der Waals surface area contributed by atoms with Gasteiger partial charge in [-0.15, -0.1) is 0 Å². The Morgan fingerprint density at radius 1 is 1.15 bits per heavy atom. The molecular weight excluding hydrogens is 270 g/mol. The van der Waals surface area contributed by atoms with Crippen molar-refractivity contribution in [2.75, 3.05) is 6.54 Å². The van der Waals surface area contributed by atoms with Crippen molar-refractivity contribution in [3.8, 4) is 0 Å². The van der Waals surface area contributed by atoms with Gasteiger partial charge in [0.2, 0.25) is 0 Å². The van der Waals surface area contributed by atoms with Gasteiger partial charge in [-0.1, -0.05) is 55.8 Å². The molecule has 3 N–H and O–H groups in total. The van der Waals surface area contributed by atoms with Gasteiger partial charge in [-0.2, -0.15) is 0 Å². The fourth-order valence-electron chi connectivity index (χ4n) is 3.31. The molecule has 0 spiro atoms. The van der Waals surface area contributed by atoms with Crippen LogP contribution in [0.5, 0.6) is 0 Å². The topological polar surface area (TPSA) is 46.2 Å². The van der Waals surface area contributed by atoms with E-state index in [1.165, 1.54) is 32.1 Å². The van der Waals surface area contributed by atoms with E-state index in [2.05, 4.69) is 0 Å². The monoisotopic (exact) mass is 295 g/mol. The van der Waals surface area contributed by atoms with Crippen LogP contribution in [0.15, 0.2) is 24.3 Å². The van der Waals surface area contributed by atoms with Crippen molar-refractivity contribution in [3.63, 3.8) is 0 Å². The molecule has 3 heteroatoms. The van der Waals surface area contributed by atoms with Crippen molar-refractivity contribution in [1.29, 1.82) is 0 Å². The van der Waals surface area contributed by atoms with Crippen LogP contribution >= 0.6 is 11.6 Å². The van der Waals surface area contributed by atoms with Gasteiger partial charge in [0.15, 0.2) is 0 Å². The van der Waals surface area contributed by atoms with Gasteiger partial charge in [0.1, 0.15) is 0 Å². The Morgan fingerprint density at radius 3 is 2.40 bits per heavy atom. The van der Waals surface area contributed by atoms with Gasteiger partial charge in [0.05, 0.1) is 6.10 Å². The highest BCUT2D eigenvalue weighted by molar-refractivity contribution is 6.30. The van der Waals surface area contributed by atoms with Crippen molar-refractivity contribution in [3.05, 3.63) is 34.9 Å². The van der Waals surface area contributed by atoms with Crippen LogP contribution in [0.2, 0.25) is 5.02 Å². The summed E-state index contributed by atoms with van der Waals surface area (Å²) in [6, 6.07) is 7.69. The molecule has 2 atom stereocenters. The molecule has 112 valence electrons. The van der Waals surface area contributed by atoms with Gasteiger partial charge < -0.3 is 10.8 Å². The van der Waals surface area contributed by atoms with Gasteiger partial charge in [-0.25, -0.2) is 0 Å². The highest BCUT2D eigenvalue weighted by Gasteiger charge is 2.22. The molecule has 20 heavy (non-hydrogen) atoms. The van der Waals surface area contributed by atoms with E-state index in [9.17, 15) is 5.11 Å². The zero-order valence-electron chi connectivity index (χ0n) is 12.1. The highest BCUT2D eigenvalue weighted by Crippen LogP contribution is 2.30. The first kappa shape index (κ1) is 15.8. The Balaban J connectivity index is 1.87. The Kier molecular flexibility index (Phi) is 6.34. The zero-order valence-corrected chi connectivity index (χ0v) is 12.9. The number of halogens is 1. The first-order chi connectivity index (χ1) is 9.70. The van der Waals surface area contributed by atoms with E-state index in [1.54, 1.807) is 0 Å². The Bertz CT molecular complexity index is 386. The Morgan fingerprint density at radius 2 is 1.80 bits per heavy atom. The molecule has 1 fully saturated rings. The second-order valence-corrected chi connectivity index (χ2v) is 6.48. The molecule has 1 aliphatic carbocycles. The lowest BCUT2D eigenvalue weighted by molar-refractivity contribution is 0.123. The maximum absolute atomic E-state index is 10.4. The number of benzene rings is 1. The molecule has 2 rings (SSSR count). The second kappa shape index (κ2) is 8.02. The summed E-state index contributed by atoms with van der Waals surface area (Å²) in [5, 5.41) is 11.2. The van der Waals surface area contributed by atoms with Gasteiger partial charge in [-0.05, 0) is 36.5 Å². The molecule has 0 aliphatic heterocycles. The summed E-state index contributed by atoms with van der Waals surface area (Å²) in [6.07, 6.45) is 8.41. The molecule has 0 amide bonds. The van der Waals surface area contributed by atoms with Crippen molar-refractivity contribution in [1.82, 2.24) is 0 Å². The summed E-state index contributed by atoms with van der Waals surface area (Å²) in [5.74, 6) is 0.831. The molecule has 2 unspecified atom stereocenters. The molecule has 1 aliphatic rings. The molecule has 0 saturated heterocycles. The third-order valence-corrected chi connectivity index (χ3v) is 4.86. The number of hydrogen-bond acceptors (Lipinski definition) is 2. The third kappa shape index (κ3) is 4.47. The predicted octanol–water partition coefficient (Wildman–Crippen LogP) is 4.10. The summed E-state index contributed by atoms with van der Waals surface area (Å²) in [7, 11) is 0. The summed E-state index contributed by atoms with van der Waals surface area (Å²) < 4.78 is 0. The Hall–Kier alpha value is -0.570. The van der Waals surface area contributed by atoms with Crippen LogP contribution < -0.4 is 5.73 Å². The van der Waals surface area contributed by atoms with Crippen LogP contribution in [0.25, 0.3) is 0 Å². The fraction of sp³-hybridized carbons (Fsp3) is 0.647. The van der Waals surface area contributed by atoms with Gasteiger partial charge >= 0.3 is 0 Å². The van der Waals surface area contributed by atoms with Crippen molar-refractivity contribution < 1.29 is 5.11 Å². The van der Waals surface area contributed by atoms with Crippen LogP contribution in [0.4, 0.5) is 0 Å². The summed E-state index contributed by atoms with van der Waals surface area (Å²) >= 11 is 5.91. The number of hydrogen-bond donors (Lipinski definition) is 2. The minimum absolute atomic E-state index is 0.0239. The van der Waals surface area contributed by atoms with E-state index < -0.39 is 0 Å². The molecule has 0 aromatic heterocycles. The molecule has 1 aromatic rings. The molecule has 2 nitrogen and oxygen atoms in total. The van der Waals surface area contributed by atoms with E-state index >= 15 is 0 Å². The minimum atomic E-state index is -0.344. The number of nitrogens with two attached hydrogens (primary N) is 1. The smallest absolute Gasteiger partial charge is 0.0621 e. The lowest BCUT2D eigenvalue weighted by atomic mass is 9.83. The number of aliphatic hydroxyl groups excluding tert-OH is 1. The van der Waals surface area contributed by atoms with E-state index in [4.69, 9.17) is 17.3 Å². The lowest BCUT2D eigenvalue weighted by Crippen LogP contribution is -2.26. The predicted molar refractivity (Wildman–Crippen MR) is 85.1 cm³/mol. The first-order valence-corrected chi connectivity index (χ1v) is 8.22. The summed E-state index contributed by atoms with van der Waals surface area (Å²) in [5.41, 5.74) is 6.95. The molecule has 0 bridgehead atoms. The standard InChI is InChI=1S/C17H26ClNO/c18-15-9-7-14(8-10-15)16(12-19)17(20)11-6-13-4-2-1-3-5-13/h7-10,13,16-17,20H,1-6,11-12,19H2. The van der Waals surface area contributed by atoms with Gasteiger partial charge in [0.25, 0.3) is 0 Å². The maximum atomic E-state index is 10.4. The fourth-order valence-corrected chi connectivity index (χ4v) is 3.43. The number of rotatable bonds is 6. The Labute approximate surface area is 127 Å². The SMILES string of the molecule is NCC(c1ccc(Cl)cc1)C(O)CCC1CCCCC1. The average Bonchev–Trinajstić information content (AvgIpc) is 2.49. The van der Waals surface area contributed by atoms with E-state index in [-0.39, 0.29) is 12.0 Å².